The normalized spacial score (nSPS) is 11.6. The third-order valence-electron chi connectivity index (χ3n) is 2.72. The number of benzene rings is 2. The lowest BCUT2D eigenvalue weighted by Gasteiger charge is -2.15. The smallest absolute Gasteiger partial charge is 0.448 e. The number of carbonyl (C=O) groups is 1. The van der Waals surface area contributed by atoms with Crippen LogP contribution < -0.4 is 0 Å². The van der Waals surface area contributed by atoms with Crippen LogP contribution in [-0.2, 0) is 9.78 Å². The van der Waals surface area contributed by atoms with Gasteiger partial charge < -0.3 is 5.11 Å². The molecule has 1 N–H and O–H groups in total. The first-order valence-corrected chi connectivity index (χ1v) is 5.93. The second-order valence-electron chi connectivity index (χ2n) is 4.08. The van der Waals surface area contributed by atoms with Crippen LogP contribution in [0.5, 0.6) is 0 Å². The molecule has 21 heavy (non-hydrogen) atoms. The van der Waals surface area contributed by atoms with Gasteiger partial charge in [-0.1, -0.05) is 30.3 Å². The van der Waals surface area contributed by atoms with Gasteiger partial charge in [-0.25, -0.2) is 4.79 Å². The second kappa shape index (κ2) is 6.49. The summed E-state index contributed by atoms with van der Waals surface area (Å²) in [5, 5.41) is 19.2. The highest BCUT2D eigenvalue weighted by Crippen LogP contribution is 2.27. The second-order valence-corrected chi connectivity index (χ2v) is 4.08. The van der Waals surface area contributed by atoms with Crippen LogP contribution in [0.25, 0.3) is 0 Å². The minimum atomic E-state index is -1.57. The lowest BCUT2D eigenvalue weighted by atomic mass is 10.0. The zero-order valence-electron chi connectivity index (χ0n) is 10.7. The Labute approximate surface area is 119 Å². The molecule has 0 saturated heterocycles. The quantitative estimate of drug-likeness (QED) is 0.515. The molecule has 0 heterocycles. The molecular formula is C14H11NO6. The summed E-state index contributed by atoms with van der Waals surface area (Å²) >= 11 is 0. The molecule has 2 aromatic rings. The Morgan fingerprint density at radius 1 is 1.05 bits per heavy atom. The summed E-state index contributed by atoms with van der Waals surface area (Å²) in [5.41, 5.74) is 1.13. The third-order valence-corrected chi connectivity index (χ3v) is 2.72. The van der Waals surface area contributed by atoms with Crippen molar-refractivity contribution in [3.63, 3.8) is 0 Å². The van der Waals surface area contributed by atoms with Crippen molar-refractivity contribution in [2.45, 2.75) is 6.10 Å². The summed E-state index contributed by atoms with van der Waals surface area (Å²) < 4.78 is 0. The van der Waals surface area contributed by atoms with Gasteiger partial charge in [0.15, 0.2) is 6.10 Å². The SMILES string of the molecule is O=C(O)OOC(c1ccccc1)c1ccc([N+](=O)[O-])cc1. The fourth-order valence-electron chi connectivity index (χ4n) is 1.79. The average molecular weight is 289 g/mol. The molecule has 0 aliphatic heterocycles. The molecule has 0 saturated carbocycles. The van der Waals surface area contributed by atoms with Crippen molar-refractivity contribution in [2.24, 2.45) is 0 Å². The number of carboxylic acid groups (broad SMARTS) is 1. The van der Waals surface area contributed by atoms with Gasteiger partial charge in [-0.3, -0.25) is 15.0 Å². The zero-order chi connectivity index (χ0) is 15.2. The highest BCUT2D eigenvalue weighted by molar-refractivity contribution is 5.55. The molecule has 2 aromatic carbocycles. The molecular weight excluding hydrogens is 278 g/mol. The Morgan fingerprint density at radius 2 is 1.62 bits per heavy atom. The molecule has 2 rings (SSSR count). The van der Waals surface area contributed by atoms with Gasteiger partial charge in [0.05, 0.1) is 4.92 Å². The molecule has 1 unspecified atom stereocenters. The Bertz CT molecular complexity index is 626. The fourth-order valence-corrected chi connectivity index (χ4v) is 1.79. The van der Waals surface area contributed by atoms with Crippen LogP contribution in [0.2, 0.25) is 0 Å². The van der Waals surface area contributed by atoms with Crippen LogP contribution in [0, 0.1) is 10.1 Å². The molecule has 0 aliphatic carbocycles. The van der Waals surface area contributed by atoms with Crippen LogP contribution in [0.3, 0.4) is 0 Å². The van der Waals surface area contributed by atoms with Crippen molar-refractivity contribution < 1.29 is 24.6 Å². The van der Waals surface area contributed by atoms with Crippen LogP contribution >= 0.6 is 0 Å². The van der Waals surface area contributed by atoms with Crippen molar-refractivity contribution in [2.75, 3.05) is 0 Å². The lowest BCUT2D eigenvalue weighted by molar-refractivity contribution is -0.384. The fraction of sp³-hybridized carbons (Fsp3) is 0.0714. The number of nitro benzene ring substituents is 1. The number of rotatable bonds is 5. The van der Waals surface area contributed by atoms with E-state index in [9.17, 15) is 14.9 Å². The van der Waals surface area contributed by atoms with Crippen LogP contribution in [0.4, 0.5) is 10.5 Å². The van der Waals surface area contributed by atoms with Gasteiger partial charge in [-0.05, 0) is 23.3 Å². The number of nitrogens with zero attached hydrogens (tertiary/aromatic N) is 1. The molecule has 0 aliphatic rings. The van der Waals surface area contributed by atoms with Crippen LogP contribution in [0.15, 0.2) is 54.6 Å². The molecule has 7 nitrogen and oxygen atoms in total. The zero-order valence-corrected chi connectivity index (χ0v) is 10.7. The van der Waals surface area contributed by atoms with Gasteiger partial charge in [-0.15, -0.1) is 0 Å². The van der Waals surface area contributed by atoms with E-state index in [1.165, 1.54) is 24.3 Å². The van der Waals surface area contributed by atoms with E-state index in [2.05, 4.69) is 4.89 Å². The summed E-state index contributed by atoms with van der Waals surface area (Å²) in [5.74, 6) is 0. The average Bonchev–Trinajstić information content (AvgIpc) is 2.49. The first-order valence-electron chi connectivity index (χ1n) is 5.93. The maximum atomic E-state index is 10.6. The Hall–Kier alpha value is -2.93. The standard InChI is InChI=1S/C14H11NO6/c16-14(17)21-20-13(10-4-2-1-3-5-10)11-6-8-12(9-7-11)15(18)19/h1-9,13H,(H,16,17). The van der Waals surface area contributed by atoms with Crippen molar-refractivity contribution in [3.05, 3.63) is 75.8 Å². The molecule has 7 heteroatoms. The highest BCUT2D eigenvalue weighted by Gasteiger charge is 2.19. The van der Waals surface area contributed by atoms with E-state index in [1.807, 2.05) is 0 Å². The van der Waals surface area contributed by atoms with Crippen LogP contribution in [-0.4, -0.2) is 16.2 Å². The van der Waals surface area contributed by atoms with Gasteiger partial charge in [0.25, 0.3) is 5.69 Å². The minimum Gasteiger partial charge on any atom is -0.448 e. The Morgan fingerprint density at radius 3 is 2.14 bits per heavy atom. The number of nitro groups is 1. The van der Waals surface area contributed by atoms with Gasteiger partial charge in [0, 0.05) is 12.1 Å². The first kappa shape index (κ1) is 14.5. The maximum absolute atomic E-state index is 10.6. The topological polar surface area (TPSA) is 98.9 Å². The molecule has 0 radical (unpaired) electrons. The van der Waals surface area contributed by atoms with E-state index < -0.39 is 17.2 Å². The van der Waals surface area contributed by atoms with E-state index in [0.29, 0.717) is 11.1 Å². The molecule has 0 amide bonds. The summed E-state index contributed by atoms with van der Waals surface area (Å²) in [6, 6.07) is 14.4. The third kappa shape index (κ3) is 3.77. The van der Waals surface area contributed by atoms with Crippen molar-refractivity contribution in [3.8, 4) is 0 Å². The van der Waals surface area contributed by atoms with Crippen molar-refractivity contribution in [1.29, 1.82) is 0 Å². The Balaban J connectivity index is 2.30. The summed E-state index contributed by atoms with van der Waals surface area (Å²) in [4.78, 5) is 29.7. The van der Waals surface area contributed by atoms with Crippen LogP contribution in [0.1, 0.15) is 17.2 Å². The van der Waals surface area contributed by atoms with Gasteiger partial charge in [0.1, 0.15) is 0 Å². The molecule has 0 fully saturated rings. The van der Waals surface area contributed by atoms with E-state index >= 15 is 0 Å². The van der Waals surface area contributed by atoms with E-state index in [-0.39, 0.29) is 5.69 Å². The molecule has 0 aromatic heterocycles. The van der Waals surface area contributed by atoms with Gasteiger partial charge in [0.2, 0.25) is 0 Å². The lowest BCUT2D eigenvalue weighted by Crippen LogP contribution is -2.10. The number of non-ortho nitro benzene ring substituents is 1. The summed E-state index contributed by atoms with van der Waals surface area (Å²) in [6.07, 6.45) is -2.37. The number of hydrogen-bond acceptors (Lipinski definition) is 5. The minimum absolute atomic E-state index is 0.0651. The van der Waals surface area contributed by atoms with E-state index in [4.69, 9.17) is 9.99 Å². The largest absolute Gasteiger partial charge is 0.537 e. The Kier molecular flexibility index (Phi) is 4.47. The predicted molar refractivity (Wildman–Crippen MR) is 71.6 cm³/mol. The maximum Gasteiger partial charge on any atom is 0.537 e. The molecule has 0 spiro atoms. The van der Waals surface area contributed by atoms with Gasteiger partial charge >= 0.3 is 6.16 Å². The highest BCUT2D eigenvalue weighted by atomic mass is 17.2. The summed E-state index contributed by atoms with van der Waals surface area (Å²) in [6.45, 7) is 0. The van der Waals surface area contributed by atoms with Crippen molar-refractivity contribution in [1.82, 2.24) is 0 Å². The predicted octanol–water partition coefficient (Wildman–Crippen LogP) is 3.31. The summed E-state index contributed by atoms with van der Waals surface area (Å²) in [7, 11) is 0. The van der Waals surface area contributed by atoms with E-state index in [1.54, 1.807) is 30.3 Å². The molecule has 0 bridgehead atoms. The molecule has 108 valence electrons. The van der Waals surface area contributed by atoms with Gasteiger partial charge in [-0.2, -0.15) is 4.89 Å². The number of hydrogen-bond donors (Lipinski definition) is 1. The van der Waals surface area contributed by atoms with Crippen molar-refractivity contribution >= 4 is 11.8 Å². The van der Waals surface area contributed by atoms with E-state index in [0.717, 1.165) is 0 Å². The molecule has 1 atom stereocenters. The first-order chi connectivity index (χ1) is 10.1. The monoisotopic (exact) mass is 289 g/mol.